The second-order valence-electron chi connectivity index (χ2n) is 5.44. The molecule has 1 aliphatic rings. The molecule has 114 valence electrons. The van der Waals surface area contributed by atoms with E-state index in [2.05, 4.69) is 0 Å². The number of nitrogens with zero attached hydrogens (tertiary/aromatic N) is 1. The van der Waals surface area contributed by atoms with Crippen molar-refractivity contribution in [1.29, 1.82) is 0 Å². The lowest BCUT2D eigenvalue weighted by molar-refractivity contribution is -0.0208. The van der Waals surface area contributed by atoms with Crippen molar-refractivity contribution in [2.75, 3.05) is 19.7 Å². The average Bonchev–Trinajstić information content (AvgIpc) is 2.57. The normalized spacial score (nSPS) is 18.2. The maximum Gasteiger partial charge on any atom is 0.254 e. The third kappa shape index (κ3) is 3.52. The number of carbonyl (C=O) groups excluding carboxylic acids is 1. The summed E-state index contributed by atoms with van der Waals surface area (Å²) >= 11 is 0. The van der Waals surface area contributed by atoms with Crippen molar-refractivity contribution in [3.8, 4) is 0 Å². The molecule has 3 nitrogen and oxygen atoms in total. The first-order valence-corrected chi connectivity index (χ1v) is 7.43. The van der Waals surface area contributed by atoms with E-state index in [1.165, 1.54) is 12.1 Å². The number of carbonyl (C=O) groups is 1. The molecule has 0 aliphatic carbocycles. The Morgan fingerprint density at radius 2 is 1.86 bits per heavy atom. The summed E-state index contributed by atoms with van der Waals surface area (Å²) < 4.78 is 18.7. The van der Waals surface area contributed by atoms with Crippen molar-refractivity contribution in [1.82, 2.24) is 4.90 Å². The molecule has 2 aromatic carbocycles. The first-order chi connectivity index (χ1) is 10.7. The van der Waals surface area contributed by atoms with Crippen LogP contribution in [-0.4, -0.2) is 36.6 Å². The third-order valence-electron chi connectivity index (χ3n) is 3.82. The molecule has 0 spiro atoms. The molecule has 0 saturated carbocycles. The molecule has 0 bridgehead atoms. The fourth-order valence-electron chi connectivity index (χ4n) is 2.67. The van der Waals surface area contributed by atoms with E-state index >= 15 is 0 Å². The summed E-state index contributed by atoms with van der Waals surface area (Å²) in [4.78, 5) is 14.3. The van der Waals surface area contributed by atoms with Crippen LogP contribution in [0.1, 0.15) is 15.9 Å². The Morgan fingerprint density at radius 3 is 2.59 bits per heavy atom. The summed E-state index contributed by atoms with van der Waals surface area (Å²) in [5, 5.41) is 0. The van der Waals surface area contributed by atoms with Crippen LogP contribution in [0.5, 0.6) is 0 Å². The second-order valence-corrected chi connectivity index (χ2v) is 5.44. The van der Waals surface area contributed by atoms with Crippen LogP contribution in [0.15, 0.2) is 54.6 Å². The first kappa shape index (κ1) is 14.7. The Labute approximate surface area is 129 Å². The van der Waals surface area contributed by atoms with Gasteiger partial charge in [0.1, 0.15) is 5.82 Å². The zero-order valence-corrected chi connectivity index (χ0v) is 12.2. The van der Waals surface area contributed by atoms with Gasteiger partial charge in [-0.05, 0) is 29.8 Å². The highest BCUT2D eigenvalue weighted by molar-refractivity contribution is 5.94. The highest BCUT2D eigenvalue weighted by Crippen LogP contribution is 2.15. The SMILES string of the molecule is O=C(c1ccccc1)N1CCO[C@@H](Cc2ccc(F)cc2)C1. The first-order valence-electron chi connectivity index (χ1n) is 7.43. The van der Waals surface area contributed by atoms with Gasteiger partial charge in [-0.2, -0.15) is 0 Å². The van der Waals surface area contributed by atoms with Crippen LogP contribution < -0.4 is 0 Å². The molecule has 3 rings (SSSR count). The van der Waals surface area contributed by atoms with Crippen molar-refractivity contribution in [3.05, 3.63) is 71.5 Å². The lowest BCUT2D eigenvalue weighted by Gasteiger charge is -2.33. The van der Waals surface area contributed by atoms with Gasteiger partial charge in [0.05, 0.1) is 12.7 Å². The Morgan fingerprint density at radius 1 is 1.14 bits per heavy atom. The van der Waals surface area contributed by atoms with E-state index in [0.717, 1.165) is 5.56 Å². The summed E-state index contributed by atoms with van der Waals surface area (Å²) in [5.74, 6) is -0.206. The summed E-state index contributed by atoms with van der Waals surface area (Å²) in [6.45, 7) is 1.70. The monoisotopic (exact) mass is 299 g/mol. The molecule has 1 fully saturated rings. The Bertz CT molecular complexity index is 627. The molecule has 2 aromatic rings. The molecular weight excluding hydrogens is 281 g/mol. The van der Waals surface area contributed by atoms with Crippen molar-refractivity contribution >= 4 is 5.91 Å². The minimum absolute atomic E-state index is 0.0352. The van der Waals surface area contributed by atoms with Gasteiger partial charge in [0.15, 0.2) is 0 Å². The van der Waals surface area contributed by atoms with E-state index in [9.17, 15) is 9.18 Å². The number of hydrogen-bond acceptors (Lipinski definition) is 2. The van der Waals surface area contributed by atoms with Crippen LogP contribution in [0.2, 0.25) is 0 Å². The van der Waals surface area contributed by atoms with Crippen LogP contribution in [-0.2, 0) is 11.2 Å². The molecule has 22 heavy (non-hydrogen) atoms. The summed E-state index contributed by atoms with van der Waals surface area (Å²) in [5.41, 5.74) is 1.71. The van der Waals surface area contributed by atoms with Gasteiger partial charge in [0.25, 0.3) is 5.91 Å². The maximum absolute atomic E-state index is 12.9. The zero-order chi connectivity index (χ0) is 15.4. The van der Waals surface area contributed by atoms with Gasteiger partial charge in [0, 0.05) is 25.1 Å². The van der Waals surface area contributed by atoms with E-state index in [1.54, 1.807) is 12.1 Å². The number of benzene rings is 2. The van der Waals surface area contributed by atoms with E-state index in [4.69, 9.17) is 4.74 Å². The topological polar surface area (TPSA) is 29.5 Å². The van der Waals surface area contributed by atoms with E-state index in [-0.39, 0.29) is 17.8 Å². The maximum atomic E-state index is 12.9. The van der Waals surface area contributed by atoms with Crippen LogP contribution in [0, 0.1) is 5.82 Å². The second kappa shape index (κ2) is 6.71. The molecule has 0 aromatic heterocycles. The van der Waals surface area contributed by atoms with Gasteiger partial charge in [-0.15, -0.1) is 0 Å². The molecule has 1 atom stereocenters. The van der Waals surface area contributed by atoms with E-state index in [1.807, 2.05) is 35.2 Å². The van der Waals surface area contributed by atoms with Gasteiger partial charge >= 0.3 is 0 Å². The Hall–Kier alpha value is -2.20. The van der Waals surface area contributed by atoms with Gasteiger partial charge in [-0.1, -0.05) is 30.3 Å². The molecular formula is C18H18FNO2. The lowest BCUT2D eigenvalue weighted by Crippen LogP contribution is -2.46. The van der Waals surface area contributed by atoms with Crippen molar-refractivity contribution < 1.29 is 13.9 Å². The number of rotatable bonds is 3. The minimum Gasteiger partial charge on any atom is -0.374 e. The molecule has 1 aliphatic heterocycles. The van der Waals surface area contributed by atoms with Gasteiger partial charge in [-0.3, -0.25) is 4.79 Å². The fraction of sp³-hybridized carbons (Fsp3) is 0.278. The van der Waals surface area contributed by atoms with Crippen molar-refractivity contribution in [2.45, 2.75) is 12.5 Å². The average molecular weight is 299 g/mol. The van der Waals surface area contributed by atoms with E-state index < -0.39 is 0 Å². The molecule has 4 heteroatoms. The lowest BCUT2D eigenvalue weighted by atomic mass is 10.1. The summed E-state index contributed by atoms with van der Waals surface area (Å²) in [7, 11) is 0. The zero-order valence-electron chi connectivity index (χ0n) is 12.2. The minimum atomic E-state index is -0.241. The predicted octanol–water partition coefficient (Wildman–Crippen LogP) is 2.91. The van der Waals surface area contributed by atoms with Crippen LogP contribution in [0.4, 0.5) is 4.39 Å². The fourth-order valence-corrected chi connectivity index (χ4v) is 2.67. The summed E-state index contributed by atoms with van der Waals surface area (Å²) in [6, 6.07) is 15.7. The van der Waals surface area contributed by atoms with Crippen LogP contribution in [0.25, 0.3) is 0 Å². The van der Waals surface area contributed by atoms with Crippen molar-refractivity contribution in [2.24, 2.45) is 0 Å². The van der Waals surface area contributed by atoms with Gasteiger partial charge in [0.2, 0.25) is 0 Å². The van der Waals surface area contributed by atoms with E-state index in [0.29, 0.717) is 31.7 Å². The third-order valence-corrected chi connectivity index (χ3v) is 3.82. The quantitative estimate of drug-likeness (QED) is 0.872. The number of morpholine rings is 1. The highest BCUT2D eigenvalue weighted by Gasteiger charge is 2.25. The van der Waals surface area contributed by atoms with Gasteiger partial charge < -0.3 is 9.64 Å². The number of hydrogen-bond donors (Lipinski definition) is 0. The standard InChI is InChI=1S/C18H18FNO2/c19-16-8-6-14(7-9-16)12-17-13-20(10-11-22-17)18(21)15-4-2-1-3-5-15/h1-9,17H,10-13H2/t17-/m0/s1. The Balaban J connectivity index is 1.64. The molecule has 0 unspecified atom stereocenters. The number of halogens is 1. The van der Waals surface area contributed by atoms with Crippen LogP contribution >= 0.6 is 0 Å². The Kier molecular flexibility index (Phi) is 4.49. The molecule has 1 heterocycles. The highest BCUT2D eigenvalue weighted by atomic mass is 19.1. The van der Waals surface area contributed by atoms with Crippen molar-refractivity contribution in [3.63, 3.8) is 0 Å². The van der Waals surface area contributed by atoms with Gasteiger partial charge in [-0.25, -0.2) is 4.39 Å². The smallest absolute Gasteiger partial charge is 0.254 e. The summed E-state index contributed by atoms with van der Waals surface area (Å²) in [6.07, 6.45) is 0.630. The molecule has 1 amide bonds. The number of ether oxygens (including phenoxy) is 1. The molecule has 0 radical (unpaired) electrons. The number of amides is 1. The molecule has 1 saturated heterocycles. The van der Waals surface area contributed by atoms with Crippen LogP contribution in [0.3, 0.4) is 0 Å². The predicted molar refractivity (Wildman–Crippen MR) is 82.2 cm³/mol. The largest absolute Gasteiger partial charge is 0.374 e. The molecule has 0 N–H and O–H groups in total.